The molecule has 0 fully saturated rings. The maximum Gasteiger partial charge on any atom is 0.0928 e. The van der Waals surface area contributed by atoms with Crippen LogP contribution in [-0.2, 0) is 16.0 Å². The molecule has 0 aliphatic rings. The van der Waals surface area contributed by atoms with Gasteiger partial charge in [0.1, 0.15) is 0 Å². The zero-order valence-corrected chi connectivity index (χ0v) is 9.35. The molecule has 0 aliphatic carbocycles. The van der Waals surface area contributed by atoms with Gasteiger partial charge in [-0.15, -0.1) is 0 Å². The van der Waals surface area contributed by atoms with Gasteiger partial charge >= 0.3 is 0 Å². The van der Waals surface area contributed by atoms with Gasteiger partial charge in [-0.25, -0.2) is 0 Å². The van der Waals surface area contributed by atoms with Crippen LogP contribution in [0, 0.1) is 0 Å². The van der Waals surface area contributed by atoms with E-state index in [0.29, 0.717) is 6.61 Å². The lowest BCUT2D eigenvalue weighted by molar-refractivity contribution is 0.0289. The Morgan fingerprint density at radius 3 is 2.93 bits per heavy atom. The molecule has 1 aromatic rings. The zero-order valence-electron chi connectivity index (χ0n) is 9.35. The van der Waals surface area contributed by atoms with E-state index in [2.05, 4.69) is 10.4 Å². The van der Waals surface area contributed by atoms with Crippen molar-refractivity contribution < 1.29 is 9.47 Å². The van der Waals surface area contributed by atoms with Crippen LogP contribution >= 0.6 is 0 Å². The summed E-state index contributed by atoms with van der Waals surface area (Å²) in [6, 6.07) is 1.92. The molecular formula is C10H19N3O2. The molecule has 5 heteroatoms. The Balaban J connectivity index is 2.05. The summed E-state index contributed by atoms with van der Waals surface area (Å²) in [6.45, 7) is 3.17. The molecule has 0 aromatic carbocycles. The van der Waals surface area contributed by atoms with Crippen LogP contribution < -0.4 is 5.32 Å². The molecule has 1 N–H and O–H groups in total. The number of nitrogens with zero attached hydrogens (tertiary/aromatic N) is 2. The number of rotatable bonds is 8. The van der Waals surface area contributed by atoms with Gasteiger partial charge in [-0.1, -0.05) is 0 Å². The van der Waals surface area contributed by atoms with Crippen molar-refractivity contribution in [3.05, 3.63) is 18.5 Å². The zero-order chi connectivity index (χ0) is 10.9. The molecule has 1 heterocycles. The molecule has 0 bridgehead atoms. The van der Waals surface area contributed by atoms with E-state index in [1.165, 1.54) is 0 Å². The monoisotopic (exact) mass is 213 g/mol. The van der Waals surface area contributed by atoms with E-state index in [9.17, 15) is 0 Å². The van der Waals surface area contributed by atoms with Gasteiger partial charge in [-0.2, -0.15) is 5.10 Å². The summed E-state index contributed by atoms with van der Waals surface area (Å²) in [5.74, 6) is 0. The van der Waals surface area contributed by atoms with Gasteiger partial charge in [0.05, 0.1) is 19.3 Å². The van der Waals surface area contributed by atoms with Crippen molar-refractivity contribution in [3.63, 3.8) is 0 Å². The predicted molar refractivity (Wildman–Crippen MR) is 57.8 cm³/mol. The third kappa shape index (κ3) is 4.92. The van der Waals surface area contributed by atoms with Crippen LogP contribution in [0.15, 0.2) is 18.5 Å². The largest absolute Gasteiger partial charge is 0.382 e. The molecular weight excluding hydrogens is 194 g/mol. The van der Waals surface area contributed by atoms with Crippen LogP contribution in [0.2, 0.25) is 0 Å². The van der Waals surface area contributed by atoms with E-state index in [1.54, 1.807) is 20.4 Å². The molecule has 15 heavy (non-hydrogen) atoms. The molecule has 0 saturated carbocycles. The Hall–Kier alpha value is -0.910. The summed E-state index contributed by atoms with van der Waals surface area (Å²) in [4.78, 5) is 0. The molecule has 86 valence electrons. The van der Waals surface area contributed by atoms with E-state index in [1.807, 2.05) is 16.9 Å². The molecule has 1 rings (SSSR count). The van der Waals surface area contributed by atoms with Crippen molar-refractivity contribution in [3.8, 4) is 0 Å². The minimum Gasteiger partial charge on any atom is -0.382 e. The normalized spacial score (nSPS) is 12.9. The molecule has 0 amide bonds. The Bertz CT molecular complexity index is 239. The fraction of sp³-hybridized carbons (Fsp3) is 0.700. The number of nitrogens with one attached hydrogen (secondary N) is 1. The molecule has 0 saturated heterocycles. The molecule has 1 atom stereocenters. The second-order valence-electron chi connectivity index (χ2n) is 3.29. The van der Waals surface area contributed by atoms with Crippen LogP contribution in [-0.4, -0.2) is 49.8 Å². The van der Waals surface area contributed by atoms with Crippen LogP contribution in [0.1, 0.15) is 0 Å². The Kier molecular flexibility index (Phi) is 5.99. The number of hydrogen-bond donors (Lipinski definition) is 1. The van der Waals surface area contributed by atoms with Gasteiger partial charge in [0, 0.05) is 39.7 Å². The fourth-order valence-corrected chi connectivity index (χ4v) is 1.29. The van der Waals surface area contributed by atoms with Crippen LogP contribution in [0.25, 0.3) is 0 Å². The van der Waals surface area contributed by atoms with Crippen molar-refractivity contribution in [2.45, 2.75) is 12.6 Å². The van der Waals surface area contributed by atoms with E-state index < -0.39 is 0 Å². The Morgan fingerprint density at radius 1 is 1.47 bits per heavy atom. The number of ether oxygens (including phenoxy) is 2. The lowest BCUT2D eigenvalue weighted by Crippen LogP contribution is -2.33. The highest BCUT2D eigenvalue weighted by atomic mass is 16.5. The second-order valence-corrected chi connectivity index (χ2v) is 3.29. The average molecular weight is 213 g/mol. The lowest BCUT2D eigenvalue weighted by Gasteiger charge is -2.14. The highest BCUT2D eigenvalue weighted by Crippen LogP contribution is 1.88. The van der Waals surface area contributed by atoms with Crippen molar-refractivity contribution in [2.24, 2.45) is 0 Å². The first kappa shape index (κ1) is 12.2. The Morgan fingerprint density at radius 2 is 2.33 bits per heavy atom. The molecule has 0 aliphatic heterocycles. The van der Waals surface area contributed by atoms with Crippen molar-refractivity contribution >= 4 is 0 Å². The summed E-state index contributed by atoms with van der Waals surface area (Å²) in [5, 5.41) is 7.40. The minimum absolute atomic E-state index is 0.118. The first-order valence-corrected chi connectivity index (χ1v) is 5.06. The quantitative estimate of drug-likeness (QED) is 0.624. The van der Waals surface area contributed by atoms with Crippen LogP contribution in [0.3, 0.4) is 0 Å². The fourth-order valence-electron chi connectivity index (χ4n) is 1.29. The first-order valence-electron chi connectivity index (χ1n) is 5.06. The van der Waals surface area contributed by atoms with Crippen LogP contribution in [0.5, 0.6) is 0 Å². The van der Waals surface area contributed by atoms with E-state index in [0.717, 1.165) is 19.6 Å². The molecule has 1 aromatic heterocycles. The molecule has 5 nitrogen and oxygen atoms in total. The highest BCUT2D eigenvalue weighted by Gasteiger charge is 2.04. The van der Waals surface area contributed by atoms with Gasteiger partial charge < -0.3 is 14.8 Å². The van der Waals surface area contributed by atoms with Crippen LogP contribution in [0.4, 0.5) is 0 Å². The van der Waals surface area contributed by atoms with Crippen molar-refractivity contribution in [2.75, 3.05) is 33.9 Å². The standard InChI is InChI=1S/C10H19N3O2/c1-14-9-10(15-2)8-11-5-7-13-6-3-4-12-13/h3-4,6,10-11H,5,7-9H2,1-2H3. The summed E-state index contributed by atoms with van der Waals surface area (Å²) >= 11 is 0. The molecule has 0 spiro atoms. The highest BCUT2D eigenvalue weighted by molar-refractivity contribution is 4.77. The topological polar surface area (TPSA) is 48.3 Å². The van der Waals surface area contributed by atoms with Gasteiger partial charge in [-0.3, -0.25) is 4.68 Å². The minimum atomic E-state index is 0.118. The third-order valence-corrected chi connectivity index (χ3v) is 2.13. The van der Waals surface area contributed by atoms with Gasteiger partial charge in [0.2, 0.25) is 0 Å². The van der Waals surface area contributed by atoms with Crippen molar-refractivity contribution in [1.29, 1.82) is 0 Å². The average Bonchev–Trinajstić information content (AvgIpc) is 2.75. The molecule has 0 radical (unpaired) electrons. The summed E-state index contributed by atoms with van der Waals surface area (Å²) in [6.07, 6.45) is 3.85. The first-order chi connectivity index (χ1) is 7.36. The van der Waals surface area contributed by atoms with Crippen molar-refractivity contribution in [1.82, 2.24) is 15.1 Å². The van der Waals surface area contributed by atoms with E-state index >= 15 is 0 Å². The SMILES string of the molecule is COCC(CNCCn1cccn1)OC. The Labute approximate surface area is 90.4 Å². The van der Waals surface area contributed by atoms with E-state index in [-0.39, 0.29) is 6.10 Å². The summed E-state index contributed by atoms with van der Waals surface area (Å²) < 4.78 is 12.1. The maximum absolute atomic E-state index is 5.22. The number of aromatic nitrogens is 2. The van der Waals surface area contributed by atoms with Gasteiger partial charge in [0.15, 0.2) is 0 Å². The lowest BCUT2D eigenvalue weighted by atomic mass is 10.3. The van der Waals surface area contributed by atoms with Gasteiger partial charge in [0.25, 0.3) is 0 Å². The van der Waals surface area contributed by atoms with Gasteiger partial charge in [-0.05, 0) is 6.07 Å². The third-order valence-electron chi connectivity index (χ3n) is 2.13. The van der Waals surface area contributed by atoms with E-state index in [4.69, 9.17) is 9.47 Å². The maximum atomic E-state index is 5.22. The summed E-state index contributed by atoms with van der Waals surface area (Å²) in [5.41, 5.74) is 0. The second kappa shape index (κ2) is 7.39. The number of hydrogen-bond acceptors (Lipinski definition) is 4. The number of methoxy groups -OCH3 is 2. The predicted octanol–water partition coefficient (Wildman–Crippen LogP) is 0.134. The molecule has 1 unspecified atom stereocenters. The summed E-state index contributed by atoms with van der Waals surface area (Å²) in [7, 11) is 3.37. The smallest absolute Gasteiger partial charge is 0.0928 e.